The van der Waals surface area contributed by atoms with Gasteiger partial charge in [0.25, 0.3) is 0 Å². The highest BCUT2D eigenvalue weighted by molar-refractivity contribution is 5.22. The number of hydrogen-bond donors (Lipinski definition) is 1. The summed E-state index contributed by atoms with van der Waals surface area (Å²) in [6, 6.07) is 9.19. The molecule has 2 rings (SSSR count). The van der Waals surface area contributed by atoms with Crippen molar-refractivity contribution in [3.05, 3.63) is 47.5 Å². The van der Waals surface area contributed by atoms with Crippen LogP contribution in [0.1, 0.15) is 30.3 Å². The largest absolute Gasteiger partial charge is 0.320 e. The molecule has 0 aliphatic rings. The molecule has 0 radical (unpaired) electrons. The van der Waals surface area contributed by atoms with Gasteiger partial charge in [-0.05, 0) is 32.3 Å². The number of aromatic nitrogens is 3. The molecule has 0 aliphatic heterocycles. The Kier molecular flexibility index (Phi) is 4.68. The summed E-state index contributed by atoms with van der Waals surface area (Å²) < 4.78 is 1.94. The van der Waals surface area contributed by atoms with E-state index in [4.69, 9.17) is 0 Å². The fourth-order valence-corrected chi connectivity index (χ4v) is 2.09. The first kappa shape index (κ1) is 13.7. The van der Waals surface area contributed by atoms with E-state index in [1.165, 1.54) is 11.1 Å². The van der Waals surface area contributed by atoms with E-state index in [9.17, 15) is 0 Å². The predicted molar refractivity (Wildman–Crippen MR) is 76.8 cm³/mol. The third-order valence-electron chi connectivity index (χ3n) is 3.36. The summed E-state index contributed by atoms with van der Waals surface area (Å²) >= 11 is 0. The Morgan fingerprint density at radius 1 is 1.37 bits per heavy atom. The molecule has 1 unspecified atom stereocenters. The highest BCUT2D eigenvalue weighted by Gasteiger charge is 2.05. The third kappa shape index (κ3) is 4.17. The molecule has 0 bridgehead atoms. The van der Waals surface area contributed by atoms with E-state index in [0.29, 0.717) is 6.04 Å². The summed E-state index contributed by atoms with van der Waals surface area (Å²) in [6.45, 7) is 5.12. The van der Waals surface area contributed by atoms with E-state index in [0.717, 1.165) is 25.2 Å². The summed E-state index contributed by atoms with van der Waals surface area (Å²) in [5.41, 5.74) is 2.74. The lowest BCUT2D eigenvalue weighted by molar-refractivity contribution is 0.498. The molecule has 4 nitrogen and oxygen atoms in total. The van der Waals surface area contributed by atoms with E-state index in [-0.39, 0.29) is 0 Å². The van der Waals surface area contributed by atoms with Crippen LogP contribution in [0.3, 0.4) is 0 Å². The van der Waals surface area contributed by atoms with Crippen LogP contribution in [0.15, 0.2) is 30.6 Å². The van der Waals surface area contributed by atoms with Gasteiger partial charge >= 0.3 is 0 Å². The summed E-state index contributed by atoms with van der Waals surface area (Å²) in [6.07, 6.45) is 3.96. The summed E-state index contributed by atoms with van der Waals surface area (Å²) in [7, 11) is 1.97. The summed E-state index contributed by atoms with van der Waals surface area (Å²) in [5, 5.41) is 11.4. The molecule has 19 heavy (non-hydrogen) atoms. The van der Waals surface area contributed by atoms with Gasteiger partial charge in [0.2, 0.25) is 0 Å². The topological polar surface area (TPSA) is 42.7 Å². The predicted octanol–water partition coefficient (Wildman–Crippen LogP) is 2.23. The first-order chi connectivity index (χ1) is 9.15. The Morgan fingerprint density at radius 2 is 2.21 bits per heavy atom. The van der Waals surface area contributed by atoms with Crippen LogP contribution in [-0.2, 0) is 20.0 Å². The van der Waals surface area contributed by atoms with Gasteiger partial charge in [0.1, 0.15) is 12.2 Å². The molecule has 1 aromatic heterocycles. The highest BCUT2D eigenvalue weighted by Crippen LogP contribution is 2.08. The zero-order valence-corrected chi connectivity index (χ0v) is 11.9. The van der Waals surface area contributed by atoms with Crippen LogP contribution in [0.2, 0.25) is 0 Å². The van der Waals surface area contributed by atoms with Crippen molar-refractivity contribution in [2.45, 2.75) is 39.3 Å². The minimum atomic E-state index is 0.470. The molecular formula is C15H22N4. The number of benzene rings is 1. The third-order valence-corrected chi connectivity index (χ3v) is 3.36. The van der Waals surface area contributed by atoms with Crippen molar-refractivity contribution >= 4 is 0 Å². The second-order valence-electron chi connectivity index (χ2n) is 5.17. The van der Waals surface area contributed by atoms with Crippen molar-refractivity contribution < 1.29 is 0 Å². The standard InChI is InChI=1S/C15H22N4/c1-12-5-4-6-14(9-12)8-7-13(2)16-10-15-18-17-11-19(15)3/h4-6,9,11,13,16H,7-8,10H2,1-3H3. The Morgan fingerprint density at radius 3 is 2.89 bits per heavy atom. The van der Waals surface area contributed by atoms with E-state index in [2.05, 4.69) is 53.6 Å². The zero-order valence-electron chi connectivity index (χ0n) is 11.9. The van der Waals surface area contributed by atoms with E-state index in [1.54, 1.807) is 6.33 Å². The van der Waals surface area contributed by atoms with Gasteiger partial charge in [-0.1, -0.05) is 29.8 Å². The van der Waals surface area contributed by atoms with Crippen molar-refractivity contribution in [2.75, 3.05) is 0 Å². The van der Waals surface area contributed by atoms with Crippen LogP contribution in [0.4, 0.5) is 0 Å². The fraction of sp³-hybridized carbons (Fsp3) is 0.467. The van der Waals surface area contributed by atoms with Gasteiger partial charge in [-0.2, -0.15) is 0 Å². The summed E-state index contributed by atoms with van der Waals surface area (Å²) in [4.78, 5) is 0. The SMILES string of the molecule is Cc1cccc(CCC(C)NCc2nncn2C)c1. The highest BCUT2D eigenvalue weighted by atomic mass is 15.3. The average Bonchev–Trinajstić information content (AvgIpc) is 2.80. The minimum absolute atomic E-state index is 0.470. The molecule has 2 aromatic rings. The van der Waals surface area contributed by atoms with Gasteiger partial charge in [0.05, 0.1) is 6.54 Å². The Bertz CT molecular complexity index is 518. The van der Waals surface area contributed by atoms with Gasteiger partial charge in [0.15, 0.2) is 0 Å². The van der Waals surface area contributed by atoms with E-state index in [1.807, 2.05) is 11.6 Å². The normalized spacial score (nSPS) is 12.6. The van der Waals surface area contributed by atoms with Crippen molar-refractivity contribution in [3.63, 3.8) is 0 Å². The Hall–Kier alpha value is -1.68. The zero-order chi connectivity index (χ0) is 13.7. The molecule has 1 atom stereocenters. The number of nitrogens with one attached hydrogen (secondary N) is 1. The molecule has 0 fully saturated rings. The maximum Gasteiger partial charge on any atom is 0.146 e. The molecule has 0 spiro atoms. The first-order valence-corrected chi connectivity index (χ1v) is 6.77. The molecule has 102 valence electrons. The lowest BCUT2D eigenvalue weighted by Gasteiger charge is -2.13. The van der Waals surface area contributed by atoms with Gasteiger partial charge in [0, 0.05) is 13.1 Å². The van der Waals surface area contributed by atoms with Crippen molar-refractivity contribution in [1.82, 2.24) is 20.1 Å². The van der Waals surface area contributed by atoms with Gasteiger partial charge in [-0.25, -0.2) is 0 Å². The average molecular weight is 258 g/mol. The molecule has 1 N–H and O–H groups in total. The van der Waals surface area contributed by atoms with Crippen LogP contribution in [0.5, 0.6) is 0 Å². The number of hydrogen-bond acceptors (Lipinski definition) is 3. The van der Waals surface area contributed by atoms with Crippen LogP contribution >= 0.6 is 0 Å². The Labute approximate surface area is 114 Å². The first-order valence-electron chi connectivity index (χ1n) is 6.77. The van der Waals surface area contributed by atoms with Crippen molar-refractivity contribution in [1.29, 1.82) is 0 Å². The van der Waals surface area contributed by atoms with Crippen molar-refractivity contribution in [3.8, 4) is 0 Å². The maximum atomic E-state index is 4.07. The monoisotopic (exact) mass is 258 g/mol. The molecule has 1 heterocycles. The lowest BCUT2D eigenvalue weighted by Crippen LogP contribution is -2.27. The summed E-state index contributed by atoms with van der Waals surface area (Å²) in [5.74, 6) is 0.974. The molecule has 0 aliphatic carbocycles. The van der Waals surface area contributed by atoms with Crippen LogP contribution in [0, 0.1) is 6.92 Å². The number of nitrogens with zero attached hydrogens (tertiary/aromatic N) is 3. The van der Waals surface area contributed by atoms with Crippen LogP contribution < -0.4 is 5.32 Å². The fourth-order valence-electron chi connectivity index (χ4n) is 2.09. The molecule has 0 saturated heterocycles. The van der Waals surface area contributed by atoms with Gasteiger partial charge in [-0.15, -0.1) is 10.2 Å². The second-order valence-corrected chi connectivity index (χ2v) is 5.17. The van der Waals surface area contributed by atoms with E-state index < -0.39 is 0 Å². The number of aryl methyl sites for hydroxylation is 3. The minimum Gasteiger partial charge on any atom is -0.320 e. The van der Waals surface area contributed by atoms with Gasteiger partial charge < -0.3 is 9.88 Å². The quantitative estimate of drug-likeness (QED) is 0.864. The smallest absolute Gasteiger partial charge is 0.146 e. The Balaban J connectivity index is 1.76. The molecular weight excluding hydrogens is 236 g/mol. The molecule has 4 heteroatoms. The second kappa shape index (κ2) is 6.48. The van der Waals surface area contributed by atoms with Crippen LogP contribution in [0.25, 0.3) is 0 Å². The molecule has 1 aromatic carbocycles. The number of rotatable bonds is 6. The lowest BCUT2D eigenvalue weighted by atomic mass is 10.0. The van der Waals surface area contributed by atoms with E-state index >= 15 is 0 Å². The maximum absolute atomic E-state index is 4.07. The molecule has 0 amide bonds. The molecule has 0 saturated carbocycles. The van der Waals surface area contributed by atoms with Gasteiger partial charge in [-0.3, -0.25) is 0 Å². The van der Waals surface area contributed by atoms with Crippen molar-refractivity contribution in [2.24, 2.45) is 7.05 Å². The van der Waals surface area contributed by atoms with Crippen LogP contribution in [-0.4, -0.2) is 20.8 Å².